The zero-order valence-corrected chi connectivity index (χ0v) is 17.3. The molecule has 0 radical (unpaired) electrons. The Kier molecular flexibility index (Phi) is 5.16. The lowest BCUT2D eigenvalue weighted by molar-refractivity contribution is 0.206. The van der Waals surface area contributed by atoms with E-state index in [9.17, 15) is 9.90 Å². The maximum Gasteiger partial charge on any atom is 0.419 e. The number of anilines is 1. The third kappa shape index (κ3) is 4.06. The number of ether oxygens (including phenoxy) is 1. The molecular weight excluding hydrogens is 410 g/mol. The highest BCUT2D eigenvalue weighted by molar-refractivity contribution is 7.82. The Morgan fingerprint density at radius 1 is 1.21 bits per heavy atom. The first-order valence-corrected chi connectivity index (χ1v) is 10.0. The second-order valence-electron chi connectivity index (χ2n) is 6.55. The van der Waals surface area contributed by atoms with Gasteiger partial charge in [0.15, 0.2) is 5.76 Å². The number of fused-ring (bicyclic) bond motifs is 1. The largest absolute Gasteiger partial charge is 0.491 e. The van der Waals surface area contributed by atoms with Crippen molar-refractivity contribution in [2.75, 3.05) is 4.90 Å². The van der Waals surface area contributed by atoms with E-state index in [0.29, 0.717) is 21.4 Å². The van der Waals surface area contributed by atoms with Crippen molar-refractivity contribution in [1.29, 1.82) is 0 Å². The Morgan fingerprint density at radius 2 is 1.97 bits per heavy atom. The van der Waals surface area contributed by atoms with Crippen molar-refractivity contribution in [1.82, 2.24) is 10.1 Å². The minimum Gasteiger partial charge on any atom is -0.491 e. The molecule has 0 spiro atoms. The molecule has 0 fully saturated rings. The predicted molar refractivity (Wildman–Crippen MR) is 114 cm³/mol. The highest BCUT2D eigenvalue weighted by Gasteiger charge is 2.22. The van der Waals surface area contributed by atoms with Crippen molar-refractivity contribution in [3.05, 3.63) is 48.5 Å². The summed E-state index contributed by atoms with van der Waals surface area (Å²) in [7, 11) is 0. The number of hydrogen-bond acceptors (Lipinski definition) is 8. The second kappa shape index (κ2) is 7.76. The van der Waals surface area contributed by atoms with E-state index >= 15 is 0 Å². The van der Waals surface area contributed by atoms with E-state index in [0.717, 1.165) is 15.9 Å². The zero-order chi connectivity index (χ0) is 20.5. The number of nitrogens with zero attached hydrogens (tertiary/aromatic N) is 3. The van der Waals surface area contributed by atoms with Crippen LogP contribution in [0.3, 0.4) is 0 Å². The van der Waals surface area contributed by atoms with Crippen molar-refractivity contribution in [2.24, 2.45) is 0 Å². The molecule has 0 unspecified atom stereocenters. The molecule has 4 aromatic rings. The van der Waals surface area contributed by atoms with Gasteiger partial charge in [-0.1, -0.05) is 0 Å². The molecule has 4 rings (SSSR count). The second-order valence-corrected chi connectivity index (χ2v) is 8.31. The fraction of sp³-hybridized carbons (Fsp3) is 0.150. The maximum atomic E-state index is 12.9. The van der Waals surface area contributed by atoms with Gasteiger partial charge >= 0.3 is 6.09 Å². The lowest BCUT2D eigenvalue weighted by Gasteiger charge is -2.26. The minimum absolute atomic E-state index is 0.111. The quantitative estimate of drug-likeness (QED) is 0.426. The van der Waals surface area contributed by atoms with Gasteiger partial charge in [-0.3, -0.25) is 4.90 Å². The zero-order valence-electron chi connectivity index (χ0n) is 15.6. The molecule has 2 heterocycles. The molecular formula is C20H17N3O4S2. The Bertz CT molecular complexity index is 1170. The van der Waals surface area contributed by atoms with Crippen molar-refractivity contribution in [3.8, 4) is 23.0 Å². The van der Waals surface area contributed by atoms with Gasteiger partial charge in [0.25, 0.3) is 5.88 Å². The monoisotopic (exact) mass is 427 g/mol. The fourth-order valence-electron chi connectivity index (χ4n) is 2.90. The first-order chi connectivity index (χ1) is 13.9. The van der Waals surface area contributed by atoms with Crippen LogP contribution >= 0.6 is 24.0 Å². The number of hydrogen-bond donors (Lipinski definition) is 2. The van der Waals surface area contributed by atoms with E-state index in [1.165, 1.54) is 17.4 Å². The van der Waals surface area contributed by atoms with E-state index < -0.39 is 6.09 Å². The average Bonchev–Trinajstić information content (AvgIpc) is 3.26. The molecule has 0 atom stereocenters. The van der Waals surface area contributed by atoms with E-state index in [-0.39, 0.29) is 11.9 Å². The summed E-state index contributed by atoms with van der Waals surface area (Å²) in [6.45, 7) is 3.84. The average molecular weight is 428 g/mol. The number of thiol groups is 1. The van der Waals surface area contributed by atoms with Crippen molar-refractivity contribution >= 4 is 46.0 Å². The summed E-state index contributed by atoms with van der Waals surface area (Å²) < 4.78 is 12.2. The molecule has 0 saturated carbocycles. The van der Waals surface area contributed by atoms with Gasteiger partial charge in [0.05, 0.1) is 10.2 Å². The standard InChI is InChI=1S/C20H17N3O4S2/c1-11(2)23(13-5-8-15-17(9-13)29-19(28)21-15)20(25)26-14-6-3-12(4-7-14)16-10-18(24)22-27-16/h3-11H,1-2H3,(H,21,28)(H,22,24). The van der Waals surface area contributed by atoms with Crippen molar-refractivity contribution < 1.29 is 19.2 Å². The van der Waals surface area contributed by atoms with Crippen LogP contribution in [0.15, 0.2) is 57.4 Å². The molecule has 0 aliphatic heterocycles. The van der Waals surface area contributed by atoms with Gasteiger partial charge in [0, 0.05) is 23.4 Å². The summed E-state index contributed by atoms with van der Waals surface area (Å²) in [5.41, 5.74) is 2.27. The first-order valence-electron chi connectivity index (χ1n) is 8.77. The van der Waals surface area contributed by atoms with Crippen LogP contribution in [0, 0.1) is 0 Å². The predicted octanol–water partition coefficient (Wildman–Crippen LogP) is 5.36. The molecule has 0 aliphatic carbocycles. The molecule has 9 heteroatoms. The van der Waals surface area contributed by atoms with E-state index in [2.05, 4.69) is 22.8 Å². The van der Waals surface area contributed by atoms with Gasteiger partial charge in [-0.05, 0) is 61.5 Å². The van der Waals surface area contributed by atoms with Crippen molar-refractivity contribution in [3.63, 3.8) is 0 Å². The molecule has 0 aliphatic rings. The number of amides is 1. The van der Waals surface area contributed by atoms with Crippen LogP contribution in [0.4, 0.5) is 10.5 Å². The number of carbonyl (C=O) groups excluding carboxylic acids is 1. The molecule has 7 nitrogen and oxygen atoms in total. The van der Waals surface area contributed by atoms with Crippen LogP contribution in [-0.2, 0) is 0 Å². The molecule has 148 valence electrons. The van der Waals surface area contributed by atoms with Crippen LogP contribution in [0.2, 0.25) is 0 Å². The van der Waals surface area contributed by atoms with Crippen molar-refractivity contribution in [2.45, 2.75) is 24.2 Å². The summed E-state index contributed by atoms with van der Waals surface area (Å²) >= 11 is 5.74. The highest BCUT2D eigenvalue weighted by Crippen LogP contribution is 2.30. The number of benzene rings is 2. The number of carbonyl (C=O) groups is 1. The van der Waals surface area contributed by atoms with Gasteiger partial charge in [-0.15, -0.1) is 24.0 Å². The SMILES string of the molecule is CC(C)N(C(=O)Oc1ccc(-c2cc(O)no2)cc1)c1ccc2nc(S)sc2c1. The fourth-order valence-corrected chi connectivity index (χ4v) is 4.05. The Hall–Kier alpha value is -3.04. The lowest BCUT2D eigenvalue weighted by Crippen LogP contribution is -2.39. The smallest absolute Gasteiger partial charge is 0.419 e. The third-order valence-electron chi connectivity index (χ3n) is 4.19. The van der Waals surface area contributed by atoms with E-state index in [1.807, 2.05) is 32.0 Å². The number of aromatic hydroxyl groups is 1. The Balaban J connectivity index is 1.55. The molecule has 1 N–H and O–H groups in total. The minimum atomic E-state index is -0.486. The summed E-state index contributed by atoms with van der Waals surface area (Å²) in [6.07, 6.45) is -0.486. The van der Waals surface area contributed by atoms with Gasteiger partial charge in [-0.25, -0.2) is 9.78 Å². The summed E-state index contributed by atoms with van der Waals surface area (Å²) in [4.78, 5) is 18.8. The summed E-state index contributed by atoms with van der Waals surface area (Å²) in [6, 6.07) is 13.7. The van der Waals surface area contributed by atoms with Crippen LogP contribution in [0.25, 0.3) is 21.5 Å². The van der Waals surface area contributed by atoms with Crippen LogP contribution in [0.5, 0.6) is 11.6 Å². The number of aromatic nitrogens is 2. The lowest BCUT2D eigenvalue weighted by atomic mass is 10.2. The van der Waals surface area contributed by atoms with Gasteiger partial charge < -0.3 is 14.4 Å². The maximum absolute atomic E-state index is 12.9. The first kappa shape index (κ1) is 19.3. The summed E-state index contributed by atoms with van der Waals surface area (Å²) in [5.74, 6) is 0.626. The number of rotatable bonds is 4. The molecule has 2 aromatic carbocycles. The van der Waals surface area contributed by atoms with Crippen LogP contribution in [0.1, 0.15) is 13.8 Å². The van der Waals surface area contributed by atoms with Gasteiger partial charge in [-0.2, -0.15) is 0 Å². The van der Waals surface area contributed by atoms with E-state index in [4.69, 9.17) is 9.26 Å². The molecule has 0 saturated heterocycles. The molecule has 29 heavy (non-hydrogen) atoms. The normalized spacial score (nSPS) is 11.2. The third-order valence-corrected chi connectivity index (χ3v) is 5.39. The topological polar surface area (TPSA) is 88.7 Å². The molecule has 1 amide bonds. The Morgan fingerprint density at radius 3 is 2.62 bits per heavy atom. The molecule has 0 bridgehead atoms. The van der Waals surface area contributed by atoms with E-state index in [1.54, 1.807) is 29.2 Å². The summed E-state index contributed by atoms with van der Waals surface area (Å²) in [5, 5.41) is 12.7. The van der Waals surface area contributed by atoms with Crippen LogP contribution in [-0.4, -0.2) is 27.4 Å². The molecule has 2 aromatic heterocycles. The van der Waals surface area contributed by atoms with Gasteiger partial charge in [0.2, 0.25) is 0 Å². The highest BCUT2D eigenvalue weighted by atomic mass is 32.2. The van der Waals surface area contributed by atoms with Crippen LogP contribution < -0.4 is 9.64 Å². The number of thiazole rings is 1. The van der Waals surface area contributed by atoms with Gasteiger partial charge in [0.1, 0.15) is 10.1 Å². The Labute approximate surface area is 175 Å².